The number of para-hydroxylation sites is 1. The normalized spacial score (nSPS) is 19.6. The molecule has 1 aromatic carbocycles. The molecule has 0 bridgehead atoms. The minimum absolute atomic E-state index is 0.170. The summed E-state index contributed by atoms with van der Waals surface area (Å²) in [5.74, 6) is -0.449. The molecule has 0 aliphatic carbocycles. The van der Waals surface area contributed by atoms with E-state index in [2.05, 4.69) is 5.10 Å². The van der Waals surface area contributed by atoms with Gasteiger partial charge >= 0.3 is 5.97 Å². The second kappa shape index (κ2) is 8.04. The van der Waals surface area contributed by atoms with Gasteiger partial charge in [0.25, 0.3) is 5.91 Å². The molecule has 7 heteroatoms. The van der Waals surface area contributed by atoms with Crippen LogP contribution in [0, 0.1) is 11.3 Å². The van der Waals surface area contributed by atoms with Crippen LogP contribution in [0.15, 0.2) is 36.5 Å². The van der Waals surface area contributed by atoms with Crippen LogP contribution in [0.4, 0.5) is 0 Å². The first-order valence-corrected chi connectivity index (χ1v) is 9.61. The van der Waals surface area contributed by atoms with E-state index in [1.54, 1.807) is 22.7 Å². The Kier molecular flexibility index (Phi) is 5.72. The van der Waals surface area contributed by atoms with Gasteiger partial charge < -0.3 is 14.7 Å². The number of hydrogen-bond donors (Lipinski definition) is 1. The SMILES string of the molecule is CC(C)COc1cn(-c2ccccc2)nc1C(=O)N1CCCC(C)(C(=O)O)C1. The maximum atomic E-state index is 13.2. The van der Waals surface area contributed by atoms with Gasteiger partial charge in [-0.2, -0.15) is 5.10 Å². The van der Waals surface area contributed by atoms with Crippen molar-refractivity contribution in [2.75, 3.05) is 19.7 Å². The highest BCUT2D eigenvalue weighted by atomic mass is 16.5. The summed E-state index contributed by atoms with van der Waals surface area (Å²) in [5, 5.41) is 14.0. The molecule has 1 amide bonds. The van der Waals surface area contributed by atoms with E-state index in [-0.39, 0.29) is 18.1 Å². The van der Waals surface area contributed by atoms with Crippen LogP contribution < -0.4 is 4.74 Å². The number of rotatable bonds is 6. The minimum atomic E-state index is -0.936. The zero-order chi connectivity index (χ0) is 20.3. The molecule has 150 valence electrons. The fraction of sp³-hybridized carbons (Fsp3) is 0.476. The topological polar surface area (TPSA) is 84.7 Å². The lowest BCUT2D eigenvalue weighted by Crippen LogP contribution is -2.48. The molecule has 7 nitrogen and oxygen atoms in total. The third-order valence-corrected chi connectivity index (χ3v) is 4.98. The minimum Gasteiger partial charge on any atom is -0.489 e. The number of carbonyl (C=O) groups excluding carboxylic acids is 1. The number of amides is 1. The number of hydrogen-bond acceptors (Lipinski definition) is 4. The van der Waals surface area contributed by atoms with E-state index in [4.69, 9.17) is 4.74 Å². The van der Waals surface area contributed by atoms with Gasteiger partial charge in [0.1, 0.15) is 0 Å². The van der Waals surface area contributed by atoms with Crippen molar-refractivity contribution in [3.8, 4) is 11.4 Å². The molecular weight excluding hydrogens is 358 g/mol. The number of carbonyl (C=O) groups is 2. The first kappa shape index (κ1) is 19.9. The molecule has 28 heavy (non-hydrogen) atoms. The Balaban J connectivity index is 1.91. The molecule has 1 unspecified atom stereocenters. The predicted molar refractivity (Wildman–Crippen MR) is 105 cm³/mol. The quantitative estimate of drug-likeness (QED) is 0.825. The number of benzene rings is 1. The number of aliphatic carboxylic acids is 1. The van der Waals surface area contributed by atoms with Crippen LogP contribution in [0.25, 0.3) is 5.69 Å². The Labute approximate surface area is 164 Å². The Morgan fingerprint density at radius 2 is 2.00 bits per heavy atom. The third kappa shape index (κ3) is 4.18. The van der Waals surface area contributed by atoms with Crippen LogP contribution in [0.2, 0.25) is 0 Å². The molecule has 3 rings (SSSR count). The van der Waals surface area contributed by atoms with Gasteiger partial charge in [-0.3, -0.25) is 9.59 Å². The molecule has 1 fully saturated rings. The maximum absolute atomic E-state index is 13.2. The monoisotopic (exact) mass is 385 g/mol. The van der Waals surface area contributed by atoms with Crippen molar-refractivity contribution in [3.05, 3.63) is 42.2 Å². The summed E-state index contributed by atoms with van der Waals surface area (Å²) >= 11 is 0. The average molecular weight is 385 g/mol. The lowest BCUT2D eigenvalue weighted by molar-refractivity contribution is -0.150. The lowest BCUT2D eigenvalue weighted by atomic mass is 9.82. The Bertz CT molecular complexity index is 847. The number of ether oxygens (including phenoxy) is 1. The number of likely N-dealkylation sites (tertiary alicyclic amines) is 1. The summed E-state index contributed by atoms with van der Waals surface area (Å²) < 4.78 is 7.49. The number of nitrogens with zero attached hydrogens (tertiary/aromatic N) is 3. The van der Waals surface area contributed by atoms with Gasteiger partial charge in [0.15, 0.2) is 11.4 Å². The van der Waals surface area contributed by atoms with E-state index >= 15 is 0 Å². The predicted octanol–water partition coefficient (Wildman–Crippen LogP) is 3.23. The fourth-order valence-corrected chi connectivity index (χ4v) is 3.32. The molecule has 2 aromatic rings. The third-order valence-electron chi connectivity index (χ3n) is 4.98. The van der Waals surface area contributed by atoms with E-state index in [9.17, 15) is 14.7 Å². The summed E-state index contributed by atoms with van der Waals surface area (Å²) in [7, 11) is 0. The molecule has 1 atom stereocenters. The van der Waals surface area contributed by atoms with Crippen molar-refractivity contribution in [2.24, 2.45) is 11.3 Å². The van der Waals surface area contributed by atoms with Gasteiger partial charge in [0.05, 0.1) is 23.9 Å². The average Bonchev–Trinajstić information content (AvgIpc) is 3.10. The zero-order valence-electron chi connectivity index (χ0n) is 16.6. The smallest absolute Gasteiger partial charge is 0.311 e. The highest BCUT2D eigenvalue weighted by molar-refractivity contribution is 5.95. The van der Waals surface area contributed by atoms with Crippen molar-refractivity contribution in [2.45, 2.75) is 33.6 Å². The van der Waals surface area contributed by atoms with Gasteiger partial charge in [-0.05, 0) is 37.8 Å². The largest absolute Gasteiger partial charge is 0.489 e. The lowest BCUT2D eigenvalue weighted by Gasteiger charge is -2.37. The number of carboxylic acids is 1. The summed E-state index contributed by atoms with van der Waals surface area (Å²) in [6.07, 6.45) is 2.92. The van der Waals surface area contributed by atoms with Crippen molar-refractivity contribution in [1.82, 2.24) is 14.7 Å². The summed E-state index contributed by atoms with van der Waals surface area (Å²) in [5.41, 5.74) is 0.110. The molecule has 1 aromatic heterocycles. The van der Waals surface area contributed by atoms with Crippen molar-refractivity contribution >= 4 is 11.9 Å². The molecule has 1 aliphatic heterocycles. The van der Waals surface area contributed by atoms with Gasteiger partial charge in [-0.25, -0.2) is 4.68 Å². The highest BCUT2D eigenvalue weighted by Crippen LogP contribution is 2.31. The van der Waals surface area contributed by atoms with E-state index in [1.165, 1.54) is 0 Å². The van der Waals surface area contributed by atoms with Crippen molar-refractivity contribution in [1.29, 1.82) is 0 Å². The fourth-order valence-electron chi connectivity index (χ4n) is 3.32. The van der Waals surface area contributed by atoms with Crippen molar-refractivity contribution in [3.63, 3.8) is 0 Å². The van der Waals surface area contributed by atoms with Crippen LogP contribution in [0.5, 0.6) is 5.75 Å². The number of carboxylic acid groups (broad SMARTS) is 1. The zero-order valence-corrected chi connectivity index (χ0v) is 16.6. The van der Waals surface area contributed by atoms with E-state index in [0.717, 1.165) is 5.69 Å². The van der Waals surface area contributed by atoms with E-state index in [0.29, 0.717) is 37.7 Å². The first-order valence-electron chi connectivity index (χ1n) is 9.61. The van der Waals surface area contributed by atoms with Crippen LogP contribution in [-0.2, 0) is 4.79 Å². The molecule has 2 heterocycles. The second-order valence-corrected chi connectivity index (χ2v) is 8.02. The van der Waals surface area contributed by atoms with Crippen LogP contribution >= 0.6 is 0 Å². The standard InChI is InChI=1S/C21H27N3O4/c1-15(2)13-28-17-12-24(16-8-5-4-6-9-16)22-18(17)19(25)23-11-7-10-21(3,14-23)20(26)27/h4-6,8-9,12,15H,7,10-11,13-14H2,1-3H3,(H,26,27). The van der Waals surface area contributed by atoms with Crippen LogP contribution in [0.1, 0.15) is 44.1 Å². The maximum Gasteiger partial charge on any atom is 0.311 e. The summed E-state index contributed by atoms with van der Waals surface area (Å²) in [4.78, 5) is 26.4. The van der Waals surface area contributed by atoms with Gasteiger partial charge in [-0.1, -0.05) is 32.0 Å². The molecule has 0 spiro atoms. The molecule has 1 N–H and O–H groups in total. The molecule has 1 saturated heterocycles. The number of piperidine rings is 1. The van der Waals surface area contributed by atoms with E-state index < -0.39 is 11.4 Å². The molecule has 0 radical (unpaired) electrons. The summed E-state index contributed by atoms with van der Waals surface area (Å²) in [6.45, 7) is 6.91. The van der Waals surface area contributed by atoms with Gasteiger partial charge in [0.2, 0.25) is 0 Å². The van der Waals surface area contributed by atoms with Crippen LogP contribution in [0.3, 0.4) is 0 Å². The van der Waals surface area contributed by atoms with Gasteiger partial charge in [0, 0.05) is 13.1 Å². The van der Waals surface area contributed by atoms with Crippen molar-refractivity contribution < 1.29 is 19.4 Å². The van der Waals surface area contributed by atoms with Crippen LogP contribution in [-0.4, -0.2) is 51.4 Å². The Morgan fingerprint density at radius 1 is 1.29 bits per heavy atom. The number of aromatic nitrogens is 2. The highest BCUT2D eigenvalue weighted by Gasteiger charge is 2.40. The summed E-state index contributed by atoms with van der Waals surface area (Å²) in [6, 6.07) is 9.51. The second-order valence-electron chi connectivity index (χ2n) is 8.02. The van der Waals surface area contributed by atoms with E-state index in [1.807, 2.05) is 44.2 Å². The Morgan fingerprint density at radius 3 is 2.64 bits per heavy atom. The first-order chi connectivity index (χ1) is 13.3. The molecule has 0 saturated carbocycles. The Hall–Kier alpha value is -2.83. The molecule has 1 aliphatic rings. The van der Waals surface area contributed by atoms with Gasteiger partial charge in [-0.15, -0.1) is 0 Å². The molecular formula is C21H27N3O4.